The van der Waals surface area contributed by atoms with Crippen LogP contribution in [0.4, 0.5) is 0 Å². The van der Waals surface area contributed by atoms with Crippen molar-refractivity contribution in [1.82, 2.24) is 4.98 Å². The van der Waals surface area contributed by atoms with Crippen LogP contribution in [-0.4, -0.2) is 27.1 Å². The summed E-state index contributed by atoms with van der Waals surface area (Å²) >= 11 is 0. The zero-order valence-corrected chi connectivity index (χ0v) is 18.4. The lowest BCUT2D eigenvalue weighted by Gasteiger charge is -2.20. The van der Waals surface area contributed by atoms with Crippen LogP contribution < -0.4 is 5.73 Å². The fourth-order valence-electron chi connectivity index (χ4n) is 3.70. The number of carbonyl (C=O) groups excluding carboxylic acids is 1. The summed E-state index contributed by atoms with van der Waals surface area (Å²) in [6.07, 6.45) is -0.800. The first-order valence-corrected chi connectivity index (χ1v) is 10.8. The quantitative estimate of drug-likeness (QED) is 0.114. The third kappa shape index (κ3) is 5.60. The van der Waals surface area contributed by atoms with Crippen LogP contribution in [0, 0.1) is 5.92 Å². The van der Waals surface area contributed by atoms with Gasteiger partial charge in [-0.15, -0.1) is 0 Å². The summed E-state index contributed by atoms with van der Waals surface area (Å²) in [7, 11) is 0. The van der Waals surface area contributed by atoms with E-state index in [2.05, 4.69) is 10.1 Å². The van der Waals surface area contributed by atoms with Gasteiger partial charge in [0, 0.05) is 11.5 Å². The largest absolute Gasteiger partial charge is 0.461 e. The van der Waals surface area contributed by atoms with E-state index in [1.54, 1.807) is 36.4 Å². The molecule has 0 aliphatic carbocycles. The van der Waals surface area contributed by atoms with Crippen molar-refractivity contribution in [3.63, 3.8) is 0 Å². The predicted molar refractivity (Wildman–Crippen MR) is 126 cm³/mol. The van der Waals surface area contributed by atoms with Gasteiger partial charge in [-0.25, -0.2) is 4.98 Å². The topological polar surface area (TPSA) is 131 Å². The fourth-order valence-corrected chi connectivity index (χ4v) is 3.70. The Kier molecular flexibility index (Phi) is 7.19. The molecule has 8 heteroatoms. The van der Waals surface area contributed by atoms with E-state index in [-0.39, 0.29) is 24.8 Å². The molecule has 3 aromatic carbocycles. The zero-order valence-electron chi connectivity index (χ0n) is 18.4. The van der Waals surface area contributed by atoms with Crippen molar-refractivity contribution in [3.05, 3.63) is 101 Å². The Labute approximate surface area is 196 Å². The highest BCUT2D eigenvalue weighted by molar-refractivity contribution is 5.96. The standard InChI is InChI=1S/C26H25N3O5/c27-25(29-32)19-12-10-17(11-13-19)14-20(15-23(30)33-16-18-6-2-1-3-7-18)24(31)26-28-21-8-4-5-9-22(21)34-26/h1-13,20,24,31-32H,14-16H2,(H2,27,29)/t20-,24?/m1/s1. The Morgan fingerprint density at radius 3 is 2.41 bits per heavy atom. The van der Waals surface area contributed by atoms with E-state index in [0.717, 1.165) is 11.1 Å². The van der Waals surface area contributed by atoms with Gasteiger partial charge in [0.05, 0.1) is 6.42 Å². The maximum Gasteiger partial charge on any atom is 0.306 e. The number of hydrogen-bond donors (Lipinski definition) is 3. The average molecular weight is 460 g/mol. The minimum Gasteiger partial charge on any atom is -0.461 e. The Morgan fingerprint density at radius 2 is 1.71 bits per heavy atom. The van der Waals surface area contributed by atoms with Crippen molar-refractivity contribution in [2.45, 2.75) is 25.6 Å². The number of aliphatic hydroxyl groups is 1. The number of hydrogen-bond acceptors (Lipinski definition) is 7. The highest BCUT2D eigenvalue weighted by atomic mass is 16.5. The van der Waals surface area contributed by atoms with Crippen molar-refractivity contribution >= 4 is 22.9 Å². The van der Waals surface area contributed by atoms with E-state index < -0.39 is 18.0 Å². The fraction of sp³-hybridized carbons (Fsp3) is 0.192. The predicted octanol–water partition coefficient (Wildman–Crippen LogP) is 3.95. The molecule has 174 valence electrons. The van der Waals surface area contributed by atoms with Gasteiger partial charge in [0.15, 0.2) is 11.4 Å². The van der Waals surface area contributed by atoms with E-state index in [0.29, 0.717) is 23.1 Å². The van der Waals surface area contributed by atoms with Crippen LogP contribution in [0.3, 0.4) is 0 Å². The van der Waals surface area contributed by atoms with Crippen molar-refractivity contribution in [1.29, 1.82) is 0 Å². The molecule has 0 spiro atoms. The molecule has 0 saturated carbocycles. The number of benzene rings is 3. The summed E-state index contributed by atoms with van der Waals surface area (Å²) in [4.78, 5) is 17.1. The Morgan fingerprint density at radius 1 is 1.00 bits per heavy atom. The van der Waals surface area contributed by atoms with E-state index >= 15 is 0 Å². The number of oxazole rings is 1. The molecule has 0 saturated heterocycles. The second kappa shape index (κ2) is 10.6. The maximum atomic E-state index is 12.7. The number of ether oxygens (including phenoxy) is 1. The van der Waals surface area contributed by atoms with E-state index in [4.69, 9.17) is 20.1 Å². The van der Waals surface area contributed by atoms with Crippen LogP contribution in [0.1, 0.15) is 35.1 Å². The average Bonchev–Trinajstić information content (AvgIpc) is 3.31. The van der Waals surface area contributed by atoms with Crippen molar-refractivity contribution in [2.24, 2.45) is 16.8 Å². The number of carbonyl (C=O) groups is 1. The molecule has 4 aromatic rings. The monoisotopic (exact) mass is 459 g/mol. The third-order valence-electron chi connectivity index (χ3n) is 5.54. The number of fused-ring (bicyclic) bond motifs is 1. The number of rotatable bonds is 9. The van der Waals surface area contributed by atoms with E-state index in [1.165, 1.54) is 0 Å². The van der Waals surface area contributed by atoms with Crippen LogP contribution >= 0.6 is 0 Å². The van der Waals surface area contributed by atoms with Crippen LogP contribution in [0.5, 0.6) is 0 Å². The van der Waals surface area contributed by atoms with Gasteiger partial charge in [0.25, 0.3) is 0 Å². The molecule has 0 amide bonds. The van der Waals surface area contributed by atoms with Gasteiger partial charge >= 0.3 is 5.97 Å². The molecular weight excluding hydrogens is 434 g/mol. The highest BCUT2D eigenvalue weighted by Crippen LogP contribution is 2.30. The number of aliphatic hydroxyl groups excluding tert-OH is 1. The molecule has 34 heavy (non-hydrogen) atoms. The molecular formula is C26H25N3O5. The Balaban J connectivity index is 1.52. The van der Waals surface area contributed by atoms with Crippen molar-refractivity contribution in [2.75, 3.05) is 0 Å². The normalized spacial score (nSPS) is 13.5. The molecule has 0 aliphatic heterocycles. The zero-order chi connectivity index (χ0) is 23.9. The molecule has 2 atom stereocenters. The molecule has 1 aromatic heterocycles. The lowest BCUT2D eigenvalue weighted by atomic mass is 9.90. The van der Waals surface area contributed by atoms with Crippen LogP contribution in [0.25, 0.3) is 11.1 Å². The first kappa shape index (κ1) is 23.0. The summed E-state index contributed by atoms with van der Waals surface area (Å²) in [6, 6.07) is 23.6. The minimum atomic E-state index is -1.12. The number of aromatic nitrogens is 1. The summed E-state index contributed by atoms with van der Waals surface area (Å²) < 4.78 is 11.2. The first-order chi connectivity index (χ1) is 16.5. The minimum absolute atomic E-state index is 0.000833. The SMILES string of the molecule is NC(=NO)c1ccc(C[C@H](CC(=O)OCc2ccccc2)C(O)c2nc3ccccc3o2)cc1. The number of nitrogens with zero attached hydrogens (tertiary/aromatic N) is 2. The number of nitrogens with two attached hydrogens (primary N) is 1. The van der Waals surface area contributed by atoms with Crippen LogP contribution in [0.2, 0.25) is 0 Å². The van der Waals surface area contributed by atoms with Gasteiger partial charge in [-0.1, -0.05) is 71.9 Å². The van der Waals surface area contributed by atoms with Crippen LogP contribution in [0.15, 0.2) is 88.4 Å². The van der Waals surface area contributed by atoms with Gasteiger partial charge in [-0.3, -0.25) is 4.79 Å². The maximum absolute atomic E-state index is 12.7. The highest BCUT2D eigenvalue weighted by Gasteiger charge is 2.29. The van der Waals surface area contributed by atoms with Gasteiger partial charge in [0.1, 0.15) is 18.2 Å². The molecule has 1 unspecified atom stereocenters. The van der Waals surface area contributed by atoms with Crippen molar-refractivity contribution < 1.29 is 24.3 Å². The third-order valence-corrected chi connectivity index (χ3v) is 5.54. The molecule has 0 aliphatic rings. The molecule has 8 nitrogen and oxygen atoms in total. The lowest BCUT2D eigenvalue weighted by molar-refractivity contribution is -0.147. The second-order valence-corrected chi connectivity index (χ2v) is 7.96. The van der Waals surface area contributed by atoms with Gasteiger partial charge < -0.3 is 25.2 Å². The van der Waals surface area contributed by atoms with E-state index in [1.807, 2.05) is 42.5 Å². The molecule has 0 radical (unpaired) electrons. The Hall–Kier alpha value is -4.17. The van der Waals surface area contributed by atoms with E-state index in [9.17, 15) is 9.90 Å². The number of esters is 1. The number of amidine groups is 1. The number of oxime groups is 1. The van der Waals surface area contributed by atoms with Gasteiger partial charge in [0.2, 0.25) is 5.89 Å². The van der Waals surface area contributed by atoms with Gasteiger partial charge in [-0.2, -0.15) is 0 Å². The molecule has 0 bridgehead atoms. The molecule has 4 rings (SSSR count). The number of para-hydroxylation sites is 2. The van der Waals surface area contributed by atoms with Crippen molar-refractivity contribution in [3.8, 4) is 0 Å². The van der Waals surface area contributed by atoms with Gasteiger partial charge in [-0.05, 0) is 29.7 Å². The molecule has 1 heterocycles. The summed E-state index contributed by atoms with van der Waals surface area (Å²) in [5.41, 5.74) is 9.11. The first-order valence-electron chi connectivity index (χ1n) is 10.8. The Bertz CT molecular complexity index is 1240. The second-order valence-electron chi connectivity index (χ2n) is 7.96. The molecule has 4 N–H and O–H groups in total. The molecule has 0 fully saturated rings. The summed E-state index contributed by atoms with van der Waals surface area (Å²) in [5, 5.41) is 23.0. The summed E-state index contributed by atoms with van der Waals surface area (Å²) in [6.45, 7) is 0.153. The lowest BCUT2D eigenvalue weighted by Crippen LogP contribution is -2.21. The smallest absolute Gasteiger partial charge is 0.306 e. The summed E-state index contributed by atoms with van der Waals surface area (Å²) in [5.74, 6) is -0.835. The van der Waals surface area contributed by atoms with Crippen LogP contribution in [-0.2, 0) is 22.6 Å².